The molecule has 2 aromatic carbocycles. The lowest BCUT2D eigenvalue weighted by molar-refractivity contribution is -0.136. The molecule has 244 valence electrons. The van der Waals surface area contributed by atoms with E-state index in [-0.39, 0.29) is 52.7 Å². The van der Waals surface area contributed by atoms with Crippen molar-refractivity contribution in [3.8, 4) is 5.75 Å². The number of likely N-dealkylation sites (N-methyl/N-ethyl adjacent to an activating group) is 1. The Morgan fingerprint density at radius 1 is 1.17 bits per heavy atom. The number of aromatic nitrogens is 1. The van der Waals surface area contributed by atoms with Gasteiger partial charge in [0.2, 0.25) is 0 Å². The molecular weight excluding hydrogens is 600 g/mol. The molecule has 0 spiro atoms. The van der Waals surface area contributed by atoms with Gasteiger partial charge >= 0.3 is 5.97 Å². The number of halogens is 2. The van der Waals surface area contributed by atoms with E-state index in [1.54, 1.807) is 24.1 Å². The molecule has 1 N–H and O–H groups in total. The Morgan fingerprint density at radius 3 is 2.65 bits per heavy atom. The molecule has 0 radical (unpaired) electrons. The number of hydrogen-bond donors (Lipinski definition) is 1. The maximum Gasteiger partial charge on any atom is 0.308 e. The number of ether oxygens (including phenoxy) is 1. The minimum Gasteiger partial charge on any atom is -0.492 e. The molecule has 1 unspecified atom stereocenters. The number of pyridine rings is 1. The SMILES string of the molecule is CCO/N=C1\C(=O)N(CCN(C)C2CCCN(c3c(F)cc4c(=O)c(CC(=O)O)cn(C5CC5)c4c3OC)C2)c2ccc(F)cc21. The number of oxime groups is 1. The van der Waals surface area contributed by atoms with Crippen LogP contribution in [0.2, 0.25) is 0 Å². The molecule has 11 nitrogen and oxygen atoms in total. The van der Waals surface area contributed by atoms with E-state index in [4.69, 9.17) is 9.57 Å². The highest BCUT2D eigenvalue weighted by atomic mass is 19.1. The van der Waals surface area contributed by atoms with Gasteiger partial charge in [-0.25, -0.2) is 8.78 Å². The Balaban J connectivity index is 1.25. The van der Waals surface area contributed by atoms with Crippen molar-refractivity contribution < 1.29 is 33.1 Å². The molecule has 2 aliphatic heterocycles. The van der Waals surface area contributed by atoms with E-state index in [0.717, 1.165) is 25.7 Å². The van der Waals surface area contributed by atoms with E-state index < -0.39 is 29.5 Å². The minimum atomic E-state index is -1.13. The van der Waals surface area contributed by atoms with Gasteiger partial charge in [-0.15, -0.1) is 0 Å². The normalized spacial score (nSPS) is 19.0. The number of carbonyl (C=O) groups is 2. The van der Waals surface area contributed by atoms with Gasteiger partial charge in [0, 0.05) is 55.6 Å². The van der Waals surface area contributed by atoms with Crippen LogP contribution in [-0.4, -0.2) is 85.1 Å². The fourth-order valence-corrected chi connectivity index (χ4v) is 6.60. The van der Waals surface area contributed by atoms with Crippen molar-refractivity contribution in [2.24, 2.45) is 5.16 Å². The summed E-state index contributed by atoms with van der Waals surface area (Å²) in [5, 5.41) is 13.4. The summed E-state index contributed by atoms with van der Waals surface area (Å²) in [5.41, 5.74) is 1.38. The van der Waals surface area contributed by atoms with Crippen LogP contribution in [0.4, 0.5) is 20.2 Å². The van der Waals surface area contributed by atoms with Gasteiger partial charge in [0.25, 0.3) is 5.91 Å². The number of hydrogen-bond acceptors (Lipinski definition) is 8. The van der Waals surface area contributed by atoms with E-state index in [9.17, 15) is 23.9 Å². The van der Waals surface area contributed by atoms with Gasteiger partial charge in [-0.1, -0.05) is 5.16 Å². The third kappa shape index (κ3) is 5.79. The minimum absolute atomic E-state index is 0.0130. The number of rotatable bonds is 11. The molecule has 13 heteroatoms. The predicted molar refractivity (Wildman–Crippen MR) is 169 cm³/mol. The largest absolute Gasteiger partial charge is 0.492 e. The van der Waals surface area contributed by atoms with E-state index in [1.807, 2.05) is 16.5 Å². The zero-order chi connectivity index (χ0) is 32.7. The number of methoxy groups -OCH3 is 1. The molecule has 1 amide bonds. The molecule has 3 aliphatic rings. The second-order valence-electron chi connectivity index (χ2n) is 12.0. The first-order valence-electron chi connectivity index (χ1n) is 15.6. The first-order valence-corrected chi connectivity index (χ1v) is 15.6. The van der Waals surface area contributed by atoms with Crippen molar-refractivity contribution in [3.05, 3.63) is 63.4 Å². The number of carboxylic acids is 1. The lowest BCUT2D eigenvalue weighted by Gasteiger charge is -2.40. The van der Waals surface area contributed by atoms with Gasteiger partial charge < -0.3 is 29.0 Å². The van der Waals surface area contributed by atoms with E-state index in [0.29, 0.717) is 42.9 Å². The molecule has 1 saturated carbocycles. The summed E-state index contributed by atoms with van der Waals surface area (Å²) in [6.45, 7) is 3.90. The third-order valence-electron chi connectivity index (χ3n) is 9.01. The van der Waals surface area contributed by atoms with Crippen LogP contribution in [0.3, 0.4) is 0 Å². The maximum atomic E-state index is 16.0. The first kappa shape index (κ1) is 31.5. The lowest BCUT2D eigenvalue weighted by Crippen LogP contribution is -2.49. The number of carbonyl (C=O) groups excluding carboxylic acids is 1. The summed E-state index contributed by atoms with van der Waals surface area (Å²) in [6.07, 6.45) is 4.51. The van der Waals surface area contributed by atoms with E-state index in [1.165, 1.54) is 25.3 Å². The second-order valence-corrected chi connectivity index (χ2v) is 12.0. The molecule has 1 atom stereocenters. The van der Waals surface area contributed by atoms with Crippen molar-refractivity contribution >= 4 is 39.9 Å². The monoisotopic (exact) mass is 637 g/mol. The number of fused-ring (bicyclic) bond motifs is 2. The number of carboxylic acid groups (broad SMARTS) is 1. The molecule has 0 bridgehead atoms. The summed E-state index contributed by atoms with van der Waals surface area (Å²) in [7, 11) is 3.41. The smallest absolute Gasteiger partial charge is 0.308 e. The molecule has 1 aromatic heterocycles. The molecule has 3 heterocycles. The van der Waals surface area contributed by atoms with Crippen molar-refractivity contribution in [2.45, 2.75) is 51.1 Å². The van der Waals surface area contributed by atoms with Gasteiger partial charge in [0.1, 0.15) is 18.1 Å². The van der Waals surface area contributed by atoms with Crippen LogP contribution in [0.25, 0.3) is 10.9 Å². The number of benzene rings is 2. The molecule has 1 saturated heterocycles. The van der Waals surface area contributed by atoms with Crippen LogP contribution in [-0.2, 0) is 20.8 Å². The Kier molecular flexibility index (Phi) is 8.69. The molecule has 3 aromatic rings. The van der Waals surface area contributed by atoms with Crippen LogP contribution < -0.4 is 20.0 Å². The van der Waals surface area contributed by atoms with Gasteiger partial charge in [-0.05, 0) is 63.9 Å². The third-order valence-corrected chi connectivity index (χ3v) is 9.01. The number of aliphatic carboxylic acids is 1. The average Bonchev–Trinajstić information content (AvgIpc) is 3.84. The number of piperidine rings is 1. The standard InChI is InChI=1S/C33H37F2N5O6/c1-4-46-36-28-23-15-20(34)7-10-26(23)39(33(28)44)13-12-37(2)22-6-5-11-38(18-22)30-25(35)16-24-29(32(30)45-3)40(21-8-9-21)17-19(31(24)43)14-27(41)42/h7,10,15-17,21-22H,4-6,8-9,11-14,18H2,1-3H3,(H,41,42)/b36-28-. The molecular formula is C33H37F2N5O6. The molecule has 6 rings (SSSR count). The molecule has 2 fully saturated rings. The number of amides is 1. The van der Waals surface area contributed by atoms with Crippen LogP contribution in [0, 0.1) is 11.6 Å². The predicted octanol–water partition coefficient (Wildman–Crippen LogP) is 3.94. The molecule has 1 aliphatic carbocycles. The lowest BCUT2D eigenvalue weighted by atomic mass is 10.0. The quantitative estimate of drug-likeness (QED) is 0.315. The summed E-state index contributed by atoms with van der Waals surface area (Å²) >= 11 is 0. The van der Waals surface area contributed by atoms with Crippen LogP contribution in [0.1, 0.15) is 49.8 Å². The zero-order valence-corrected chi connectivity index (χ0v) is 26.1. The van der Waals surface area contributed by atoms with Crippen LogP contribution >= 0.6 is 0 Å². The van der Waals surface area contributed by atoms with Crippen LogP contribution in [0.15, 0.2) is 40.4 Å². The highest BCUT2D eigenvalue weighted by Gasteiger charge is 2.36. The van der Waals surface area contributed by atoms with Crippen molar-refractivity contribution in [2.75, 3.05) is 56.7 Å². The van der Waals surface area contributed by atoms with Gasteiger partial charge in [-0.2, -0.15) is 0 Å². The Labute approximate surface area is 264 Å². The highest BCUT2D eigenvalue weighted by molar-refractivity contribution is 6.54. The number of anilines is 2. The van der Waals surface area contributed by atoms with Crippen molar-refractivity contribution in [1.29, 1.82) is 0 Å². The Hall–Kier alpha value is -4.52. The van der Waals surface area contributed by atoms with Gasteiger partial charge in [0.15, 0.2) is 22.7 Å². The van der Waals surface area contributed by atoms with Gasteiger partial charge in [-0.3, -0.25) is 19.3 Å². The van der Waals surface area contributed by atoms with Crippen LogP contribution in [0.5, 0.6) is 5.75 Å². The topological polar surface area (TPSA) is 117 Å². The highest BCUT2D eigenvalue weighted by Crippen LogP contribution is 2.44. The fraction of sp³-hybridized carbons (Fsp3) is 0.455. The summed E-state index contributed by atoms with van der Waals surface area (Å²) < 4.78 is 37.8. The summed E-state index contributed by atoms with van der Waals surface area (Å²) in [4.78, 5) is 48.8. The second kappa shape index (κ2) is 12.7. The summed E-state index contributed by atoms with van der Waals surface area (Å²) in [5.74, 6) is -2.30. The number of nitrogens with zero attached hydrogens (tertiary/aromatic N) is 5. The average molecular weight is 638 g/mol. The van der Waals surface area contributed by atoms with E-state index in [2.05, 4.69) is 10.1 Å². The van der Waals surface area contributed by atoms with Gasteiger partial charge in [0.05, 0.1) is 30.1 Å². The Morgan fingerprint density at radius 2 is 1.96 bits per heavy atom. The van der Waals surface area contributed by atoms with Crippen molar-refractivity contribution in [1.82, 2.24) is 9.47 Å². The first-order chi connectivity index (χ1) is 22.1. The zero-order valence-electron chi connectivity index (χ0n) is 26.1. The maximum absolute atomic E-state index is 16.0. The molecule has 46 heavy (non-hydrogen) atoms. The Bertz CT molecular complexity index is 1790. The summed E-state index contributed by atoms with van der Waals surface area (Å²) in [6, 6.07) is 5.48. The van der Waals surface area contributed by atoms with E-state index >= 15 is 4.39 Å². The van der Waals surface area contributed by atoms with Crippen molar-refractivity contribution in [3.63, 3.8) is 0 Å². The fourth-order valence-electron chi connectivity index (χ4n) is 6.60.